The number of nitro groups is 1. The number of nitrogens with zero attached hydrogens (tertiary/aromatic N) is 4. The molecule has 2 N–H and O–H groups in total. The van der Waals surface area contributed by atoms with E-state index in [1.807, 2.05) is 18.2 Å². The van der Waals surface area contributed by atoms with Crippen LogP contribution in [0.3, 0.4) is 0 Å². The van der Waals surface area contributed by atoms with Gasteiger partial charge in [0.1, 0.15) is 23.6 Å². The summed E-state index contributed by atoms with van der Waals surface area (Å²) in [6.07, 6.45) is 0. The second-order valence-corrected chi connectivity index (χ2v) is 5.83. The average molecular weight is 368 g/mol. The Morgan fingerprint density at radius 2 is 1.89 bits per heavy atom. The van der Waals surface area contributed by atoms with Gasteiger partial charge < -0.3 is 0 Å². The lowest BCUT2D eigenvalue weighted by atomic mass is 10.2. The average Bonchev–Trinajstić information content (AvgIpc) is 2.92. The lowest BCUT2D eigenvalue weighted by Crippen LogP contribution is -2.43. The summed E-state index contributed by atoms with van der Waals surface area (Å²) >= 11 is 0. The molecule has 0 aliphatic carbocycles. The van der Waals surface area contributed by atoms with Gasteiger partial charge in [-0.05, 0) is 26.0 Å². The van der Waals surface area contributed by atoms with E-state index in [-0.39, 0.29) is 29.3 Å². The van der Waals surface area contributed by atoms with Crippen molar-refractivity contribution in [2.24, 2.45) is 0 Å². The quantitative estimate of drug-likeness (QED) is 0.529. The zero-order chi connectivity index (χ0) is 19.6. The van der Waals surface area contributed by atoms with Crippen LogP contribution in [0, 0.1) is 24.0 Å². The van der Waals surface area contributed by atoms with E-state index in [1.54, 1.807) is 18.2 Å². The van der Waals surface area contributed by atoms with E-state index < -0.39 is 16.7 Å². The number of rotatable bonds is 4. The molecule has 0 aliphatic rings. The van der Waals surface area contributed by atoms with Gasteiger partial charge in [0.15, 0.2) is 0 Å². The Labute approximate surface area is 153 Å². The summed E-state index contributed by atoms with van der Waals surface area (Å²) in [6, 6.07) is 10.6. The minimum Gasteiger partial charge on any atom is -0.271 e. The molecule has 138 valence electrons. The molecule has 1 aromatic carbocycles. The number of fused-ring (bicyclic) bond motifs is 1. The smallest absolute Gasteiger partial charge is 0.271 e. The zero-order valence-corrected chi connectivity index (χ0v) is 14.6. The van der Waals surface area contributed by atoms with Crippen LogP contribution in [0.2, 0.25) is 0 Å². The molecule has 0 radical (unpaired) electrons. The predicted octanol–water partition coefficient (Wildman–Crippen LogP) is 1.42. The molecule has 3 rings (SSSR count). The summed E-state index contributed by atoms with van der Waals surface area (Å²) in [5, 5.41) is 15.9. The molecule has 2 aromatic heterocycles. The lowest BCUT2D eigenvalue weighted by Gasteiger charge is -2.08. The molecule has 10 heteroatoms. The second kappa shape index (κ2) is 7.20. The van der Waals surface area contributed by atoms with Crippen LogP contribution in [0.15, 0.2) is 36.4 Å². The number of hydrogen-bond donors (Lipinski definition) is 2. The maximum absolute atomic E-state index is 12.2. The highest BCUT2D eigenvalue weighted by Crippen LogP contribution is 2.21. The van der Waals surface area contributed by atoms with Gasteiger partial charge in [0.2, 0.25) is 0 Å². The number of carbonyl (C=O) groups excluding carboxylic acids is 2. The van der Waals surface area contributed by atoms with Crippen LogP contribution in [-0.2, 0) is 11.3 Å². The van der Waals surface area contributed by atoms with Gasteiger partial charge in [-0.2, -0.15) is 5.10 Å². The van der Waals surface area contributed by atoms with Crippen LogP contribution in [0.1, 0.15) is 21.9 Å². The summed E-state index contributed by atoms with van der Waals surface area (Å²) in [6.45, 7) is 2.72. The molecule has 0 unspecified atom stereocenters. The lowest BCUT2D eigenvalue weighted by molar-refractivity contribution is -0.386. The van der Waals surface area contributed by atoms with Gasteiger partial charge in [0, 0.05) is 5.39 Å². The number of nitrogens with one attached hydrogen (secondary N) is 2. The first-order chi connectivity index (χ1) is 12.9. The van der Waals surface area contributed by atoms with Crippen molar-refractivity contribution in [3.05, 3.63) is 63.6 Å². The van der Waals surface area contributed by atoms with Crippen molar-refractivity contribution in [3.8, 4) is 0 Å². The molecule has 0 aliphatic heterocycles. The molecule has 27 heavy (non-hydrogen) atoms. The molecule has 0 fully saturated rings. The number of pyridine rings is 1. The molecular weight excluding hydrogens is 352 g/mol. The number of hydrogen-bond acceptors (Lipinski definition) is 6. The van der Waals surface area contributed by atoms with Crippen molar-refractivity contribution in [3.63, 3.8) is 0 Å². The molecule has 0 spiro atoms. The Morgan fingerprint density at radius 1 is 1.15 bits per heavy atom. The predicted molar refractivity (Wildman–Crippen MR) is 95.7 cm³/mol. The fourth-order valence-electron chi connectivity index (χ4n) is 2.66. The Bertz CT molecular complexity index is 1060. The molecule has 2 amide bonds. The van der Waals surface area contributed by atoms with E-state index in [1.165, 1.54) is 18.5 Å². The summed E-state index contributed by atoms with van der Waals surface area (Å²) < 4.78 is 1.21. The summed E-state index contributed by atoms with van der Waals surface area (Å²) in [4.78, 5) is 38.9. The fourth-order valence-corrected chi connectivity index (χ4v) is 2.66. The van der Waals surface area contributed by atoms with Crippen molar-refractivity contribution in [1.82, 2.24) is 25.6 Å². The molecule has 0 bridgehead atoms. The van der Waals surface area contributed by atoms with Gasteiger partial charge in [-0.3, -0.25) is 35.2 Å². The van der Waals surface area contributed by atoms with E-state index in [4.69, 9.17) is 0 Å². The highest BCUT2D eigenvalue weighted by atomic mass is 16.6. The number of hydrazine groups is 1. The van der Waals surface area contributed by atoms with Crippen molar-refractivity contribution >= 4 is 28.4 Å². The van der Waals surface area contributed by atoms with E-state index >= 15 is 0 Å². The van der Waals surface area contributed by atoms with Gasteiger partial charge in [-0.25, -0.2) is 4.98 Å². The maximum atomic E-state index is 12.2. The van der Waals surface area contributed by atoms with Crippen molar-refractivity contribution in [2.45, 2.75) is 20.4 Å². The van der Waals surface area contributed by atoms with Gasteiger partial charge in [0.25, 0.3) is 11.8 Å². The number of carbonyl (C=O) groups is 2. The Kier molecular flexibility index (Phi) is 4.79. The highest BCUT2D eigenvalue weighted by Gasteiger charge is 2.22. The summed E-state index contributed by atoms with van der Waals surface area (Å²) in [5.41, 5.74) is 5.68. The van der Waals surface area contributed by atoms with Crippen LogP contribution in [-0.4, -0.2) is 31.5 Å². The molecule has 10 nitrogen and oxygen atoms in total. The van der Waals surface area contributed by atoms with Crippen LogP contribution in [0.25, 0.3) is 10.9 Å². The van der Waals surface area contributed by atoms with Crippen LogP contribution in [0.4, 0.5) is 5.69 Å². The molecule has 0 saturated carbocycles. The van der Waals surface area contributed by atoms with Crippen molar-refractivity contribution < 1.29 is 14.5 Å². The Morgan fingerprint density at radius 3 is 2.59 bits per heavy atom. The molecular formula is C17H16N6O4. The van der Waals surface area contributed by atoms with E-state index in [0.29, 0.717) is 5.52 Å². The first kappa shape index (κ1) is 18.0. The minimum atomic E-state index is -0.579. The standard InChI is InChI=1S/C17H16N6O4/c1-10-16(23(26)27)11(2)22(21-10)9-15(24)19-20-17(25)14-8-7-12-5-3-4-6-13(12)18-14/h3-8H,9H2,1-2H3,(H,19,24)(H,20,25). The SMILES string of the molecule is Cc1nn(CC(=O)NNC(=O)c2ccc3ccccc3n2)c(C)c1[N+](=O)[O-]. The third kappa shape index (κ3) is 3.73. The van der Waals surface area contributed by atoms with Gasteiger partial charge in [-0.15, -0.1) is 0 Å². The molecule has 0 saturated heterocycles. The molecule has 2 heterocycles. The maximum Gasteiger partial charge on any atom is 0.312 e. The van der Waals surface area contributed by atoms with Crippen molar-refractivity contribution in [2.75, 3.05) is 0 Å². The monoisotopic (exact) mass is 368 g/mol. The number of aryl methyl sites for hydroxylation is 1. The highest BCUT2D eigenvalue weighted by molar-refractivity contribution is 5.95. The van der Waals surface area contributed by atoms with Crippen LogP contribution in [0.5, 0.6) is 0 Å². The van der Waals surface area contributed by atoms with Gasteiger partial charge >= 0.3 is 5.69 Å². The van der Waals surface area contributed by atoms with Gasteiger partial charge in [0.05, 0.1) is 10.4 Å². The fraction of sp³-hybridized carbons (Fsp3) is 0.176. The first-order valence-electron chi connectivity index (χ1n) is 8.00. The van der Waals surface area contributed by atoms with E-state index in [9.17, 15) is 19.7 Å². The zero-order valence-electron chi connectivity index (χ0n) is 14.6. The van der Waals surface area contributed by atoms with Crippen molar-refractivity contribution in [1.29, 1.82) is 0 Å². The Balaban J connectivity index is 1.64. The number of aromatic nitrogens is 3. The summed E-state index contributed by atoms with van der Waals surface area (Å²) in [7, 11) is 0. The normalized spacial score (nSPS) is 10.6. The summed E-state index contributed by atoms with van der Waals surface area (Å²) in [5.74, 6) is -1.15. The van der Waals surface area contributed by atoms with E-state index in [2.05, 4.69) is 20.9 Å². The number of amides is 2. The topological polar surface area (TPSA) is 132 Å². The second-order valence-electron chi connectivity index (χ2n) is 5.83. The first-order valence-corrected chi connectivity index (χ1v) is 8.00. The minimum absolute atomic E-state index is 0.132. The van der Waals surface area contributed by atoms with E-state index in [0.717, 1.165) is 5.39 Å². The largest absolute Gasteiger partial charge is 0.312 e. The molecule has 3 aromatic rings. The third-order valence-electron chi connectivity index (χ3n) is 3.97. The third-order valence-corrected chi connectivity index (χ3v) is 3.97. The number of para-hydroxylation sites is 1. The number of benzene rings is 1. The van der Waals surface area contributed by atoms with Crippen LogP contribution >= 0.6 is 0 Å². The molecule has 0 atom stereocenters. The Hall–Kier alpha value is -3.82. The van der Waals surface area contributed by atoms with Gasteiger partial charge in [-0.1, -0.05) is 24.3 Å². The van der Waals surface area contributed by atoms with Crippen LogP contribution < -0.4 is 10.9 Å².